The van der Waals surface area contributed by atoms with Crippen molar-refractivity contribution in [3.8, 4) is 17.2 Å². The van der Waals surface area contributed by atoms with Crippen LogP contribution in [0.5, 0.6) is 17.2 Å². The summed E-state index contributed by atoms with van der Waals surface area (Å²) in [7, 11) is 3.34. The van der Waals surface area contributed by atoms with Crippen LogP contribution in [0.2, 0.25) is 0 Å². The van der Waals surface area contributed by atoms with Crippen LogP contribution in [0, 0.1) is 0 Å². The highest BCUT2D eigenvalue weighted by Gasteiger charge is 2.12. The Kier molecular flexibility index (Phi) is 8.02. The molecule has 0 amide bonds. The largest absolute Gasteiger partial charge is 0.508 e. The third-order valence-electron chi connectivity index (χ3n) is 4.42. The van der Waals surface area contributed by atoms with Gasteiger partial charge in [0.15, 0.2) is 5.96 Å². The first kappa shape index (κ1) is 21.1. The molecule has 0 radical (unpaired) electrons. The number of ether oxygens (including phenoxy) is 2. The molecule has 0 spiro atoms. The molecule has 146 valence electrons. The minimum atomic E-state index is 0. The number of halogens is 1. The zero-order valence-electron chi connectivity index (χ0n) is 15.6. The quantitative estimate of drug-likeness (QED) is 0.335. The Balaban J connectivity index is 0.00000261. The van der Waals surface area contributed by atoms with Gasteiger partial charge in [-0.2, -0.15) is 0 Å². The van der Waals surface area contributed by atoms with Gasteiger partial charge in [0.05, 0.1) is 13.7 Å². The number of nitrogens with one attached hydrogen (secondary N) is 2. The highest BCUT2D eigenvalue weighted by molar-refractivity contribution is 14.0. The zero-order chi connectivity index (χ0) is 18.4. The van der Waals surface area contributed by atoms with Gasteiger partial charge in [0.25, 0.3) is 0 Å². The molecule has 0 bridgehead atoms. The first-order valence-electron chi connectivity index (χ1n) is 8.74. The summed E-state index contributed by atoms with van der Waals surface area (Å²) in [6.07, 6.45) is 1.89. The molecule has 2 aromatic carbocycles. The SMILES string of the molecule is CN=C(NCCc1ccc2c(c1)CCO2)NCc1cc(OC)ccc1O.I. The normalized spacial score (nSPS) is 12.6. The second-order valence-electron chi connectivity index (χ2n) is 6.14. The molecule has 2 aromatic rings. The van der Waals surface area contributed by atoms with Crippen molar-refractivity contribution in [2.24, 2.45) is 4.99 Å². The average molecular weight is 483 g/mol. The molecule has 0 aromatic heterocycles. The number of hydrogen-bond donors (Lipinski definition) is 3. The van der Waals surface area contributed by atoms with E-state index in [4.69, 9.17) is 9.47 Å². The van der Waals surface area contributed by atoms with Crippen molar-refractivity contribution in [1.29, 1.82) is 0 Å². The van der Waals surface area contributed by atoms with Crippen molar-refractivity contribution in [2.45, 2.75) is 19.4 Å². The van der Waals surface area contributed by atoms with Gasteiger partial charge >= 0.3 is 0 Å². The fourth-order valence-electron chi connectivity index (χ4n) is 2.95. The van der Waals surface area contributed by atoms with E-state index in [-0.39, 0.29) is 29.7 Å². The summed E-state index contributed by atoms with van der Waals surface area (Å²) in [5.74, 6) is 2.64. The smallest absolute Gasteiger partial charge is 0.191 e. The van der Waals surface area contributed by atoms with Crippen LogP contribution < -0.4 is 20.1 Å². The number of hydrogen-bond acceptors (Lipinski definition) is 4. The second-order valence-corrected chi connectivity index (χ2v) is 6.14. The lowest BCUT2D eigenvalue weighted by Crippen LogP contribution is -2.37. The number of phenolic OH excluding ortho intramolecular Hbond substituents is 1. The minimum absolute atomic E-state index is 0. The molecular weight excluding hydrogens is 457 g/mol. The van der Waals surface area contributed by atoms with Gasteiger partial charge in [-0.3, -0.25) is 4.99 Å². The van der Waals surface area contributed by atoms with Crippen molar-refractivity contribution in [1.82, 2.24) is 10.6 Å². The standard InChI is InChI=1S/C20H25N3O3.HI/c1-21-20(23-13-16-12-17(25-2)4-5-18(16)24)22-9-7-14-3-6-19-15(11-14)8-10-26-19;/h3-6,11-12,24H,7-10,13H2,1-2H3,(H2,21,22,23);1H. The average Bonchev–Trinajstić information content (AvgIpc) is 3.13. The second kappa shape index (κ2) is 10.2. The maximum absolute atomic E-state index is 9.95. The number of methoxy groups -OCH3 is 1. The number of guanidine groups is 1. The van der Waals surface area contributed by atoms with Gasteiger partial charge in [-0.05, 0) is 41.8 Å². The molecule has 0 aliphatic carbocycles. The van der Waals surface area contributed by atoms with Crippen LogP contribution in [0.25, 0.3) is 0 Å². The van der Waals surface area contributed by atoms with E-state index in [9.17, 15) is 5.11 Å². The number of aromatic hydroxyl groups is 1. The van der Waals surface area contributed by atoms with Gasteiger partial charge in [-0.25, -0.2) is 0 Å². The summed E-state index contributed by atoms with van der Waals surface area (Å²) in [5, 5.41) is 16.5. The van der Waals surface area contributed by atoms with Gasteiger partial charge in [-0.1, -0.05) is 12.1 Å². The minimum Gasteiger partial charge on any atom is -0.508 e. The zero-order valence-corrected chi connectivity index (χ0v) is 17.9. The van der Waals surface area contributed by atoms with E-state index in [0.717, 1.165) is 37.3 Å². The Morgan fingerprint density at radius 2 is 2.07 bits per heavy atom. The Hall–Kier alpha value is -2.16. The van der Waals surface area contributed by atoms with Gasteiger partial charge in [-0.15, -0.1) is 24.0 Å². The van der Waals surface area contributed by atoms with E-state index in [0.29, 0.717) is 18.3 Å². The molecule has 27 heavy (non-hydrogen) atoms. The van der Waals surface area contributed by atoms with Crippen molar-refractivity contribution < 1.29 is 14.6 Å². The highest BCUT2D eigenvalue weighted by Crippen LogP contribution is 2.26. The molecule has 7 heteroatoms. The maximum atomic E-state index is 9.95. The van der Waals surface area contributed by atoms with Crippen LogP contribution in [0.4, 0.5) is 0 Å². The lowest BCUT2D eigenvalue weighted by Gasteiger charge is -2.13. The van der Waals surface area contributed by atoms with E-state index in [1.807, 2.05) is 6.07 Å². The topological polar surface area (TPSA) is 75.1 Å². The first-order chi connectivity index (χ1) is 12.7. The molecular formula is C20H26IN3O3. The molecule has 0 unspecified atom stereocenters. The van der Waals surface area contributed by atoms with Gasteiger partial charge in [0.1, 0.15) is 17.2 Å². The Bertz CT molecular complexity index is 796. The molecule has 3 rings (SSSR count). The van der Waals surface area contributed by atoms with Crippen LogP contribution in [0.1, 0.15) is 16.7 Å². The summed E-state index contributed by atoms with van der Waals surface area (Å²) < 4.78 is 10.7. The monoisotopic (exact) mass is 483 g/mol. The molecule has 6 nitrogen and oxygen atoms in total. The maximum Gasteiger partial charge on any atom is 0.191 e. The first-order valence-corrected chi connectivity index (χ1v) is 8.74. The van der Waals surface area contributed by atoms with E-state index in [2.05, 4.69) is 33.8 Å². The predicted molar refractivity (Wildman–Crippen MR) is 118 cm³/mol. The Labute approximate surface area is 177 Å². The number of rotatable bonds is 6. The van der Waals surface area contributed by atoms with Crippen LogP contribution in [0.3, 0.4) is 0 Å². The fraction of sp³-hybridized carbons (Fsp3) is 0.350. The number of nitrogens with zero attached hydrogens (tertiary/aromatic N) is 1. The molecule has 0 fully saturated rings. The molecule has 1 aliphatic heterocycles. The van der Waals surface area contributed by atoms with Gasteiger partial charge in [0.2, 0.25) is 0 Å². The highest BCUT2D eigenvalue weighted by atomic mass is 127. The van der Waals surface area contributed by atoms with Crippen LogP contribution in [-0.4, -0.2) is 38.4 Å². The van der Waals surface area contributed by atoms with E-state index < -0.39 is 0 Å². The fourth-order valence-corrected chi connectivity index (χ4v) is 2.95. The van der Waals surface area contributed by atoms with Crippen molar-refractivity contribution in [3.63, 3.8) is 0 Å². The molecule has 0 atom stereocenters. The van der Waals surface area contributed by atoms with Crippen molar-refractivity contribution in [3.05, 3.63) is 53.1 Å². The van der Waals surface area contributed by atoms with Gasteiger partial charge in [0, 0.05) is 32.1 Å². The van der Waals surface area contributed by atoms with Crippen molar-refractivity contribution in [2.75, 3.05) is 27.3 Å². The summed E-state index contributed by atoms with van der Waals surface area (Å²) in [6, 6.07) is 11.5. The number of aliphatic imine (C=N–C) groups is 1. The lowest BCUT2D eigenvalue weighted by molar-refractivity contribution is 0.357. The summed E-state index contributed by atoms with van der Waals surface area (Å²) >= 11 is 0. The lowest BCUT2D eigenvalue weighted by atomic mass is 10.1. The number of benzene rings is 2. The molecule has 1 heterocycles. The Morgan fingerprint density at radius 1 is 1.22 bits per heavy atom. The van der Waals surface area contributed by atoms with E-state index in [1.54, 1.807) is 26.3 Å². The molecule has 1 aliphatic rings. The summed E-state index contributed by atoms with van der Waals surface area (Å²) in [4.78, 5) is 4.23. The number of fused-ring (bicyclic) bond motifs is 1. The third kappa shape index (κ3) is 5.66. The molecule has 3 N–H and O–H groups in total. The molecule has 0 saturated carbocycles. The Morgan fingerprint density at radius 3 is 2.85 bits per heavy atom. The number of phenols is 1. The van der Waals surface area contributed by atoms with E-state index in [1.165, 1.54) is 11.1 Å². The van der Waals surface area contributed by atoms with Gasteiger partial charge < -0.3 is 25.2 Å². The third-order valence-corrected chi connectivity index (χ3v) is 4.42. The van der Waals surface area contributed by atoms with E-state index >= 15 is 0 Å². The van der Waals surface area contributed by atoms with Crippen molar-refractivity contribution >= 4 is 29.9 Å². The van der Waals surface area contributed by atoms with Crippen LogP contribution in [0.15, 0.2) is 41.4 Å². The summed E-state index contributed by atoms with van der Waals surface area (Å²) in [6.45, 7) is 2.01. The summed E-state index contributed by atoms with van der Waals surface area (Å²) in [5.41, 5.74) is 3.33. The van der Waals surface area contributed by atoms with Crippen LogP contribution in [-0.2, 0) is 19.4 Å². The van der Waals surface area contributed by atoms with Crippen LogP contribution >= 0.6 is 24.0 Å². The predicted octanol–water partition coefficient (Wildman–Crippen LogP) is 2.86. The molecule has 0 saturated heterocycles.